The van der Waals surface area contributed by atoms with Crippen molar-refractivity contribution in [1.29, 1.82) is 0 Å². The molecule has 0 bridgehead atoms. The van der Waals surface area contributed by atoms with Crippen LogP contribution in [0.15, 0.2) is 18.2 Å². The third-order valence-corrected chi connectivity index (χ3v) is 3.52. The van der Waals surface area contributed by atoms with Gasteiger partial charge in [0.05, 0.1) is 23.6 Å². The standard InChI is InChI=1S/C15H24N2O2/c1-3-10-19-13-7-4-6-12(14(13)16)17-9-5-8-15(2,18)11-17/h4,6-7,18H,3,5,8-11,16H2,1-2H3. The molecule has 1 fully saturated rings. The number of β-amino-alcohol motifs (C(OH)–C–C–N with tert-alkyl or cyclic N) is 1. The van der Waals surface area contributed by atoms with Crippen molar-refractivity contribution in [1.82, 2.24) is 0 Å². The molecule has 0 saturated carbocycles. The second-order valence-electron chi connectivity index (χ2n) is 5.56. The highest BCUT2D eigenvalue weighted by atomic mass is 16.5. The lowest BCUT2D eigenvalue weighted by Gasteiger charge is -2.38. The van der Waals surface area contributed by atoms with Crippen LogP contribution in [0.2, 0.25) is 0 Å². The molecule has 1 heterocycles. The van der Waals surface area contributed by atoms with Gasteiger partial charge in [-0.3, -0.25) is 0 Å². The van der Waals surface area contributed by atoms with Crippen LogP contribution in [0.4, 0.5) is 11.4 Å². The minimum Gasteiger partial charge on any atom is -0.491 e. The van der Waals surface area contributed by atoms with Crippen molar-refractivity contribution in [3.8, 4) is 5.75 Å². The largest absolute Gasteiger partial charge is 0.491 e. The van der Waals surface area contributed by atoms with Crippen LogP contribution >= 0.6 is 0 Å². The first-order chi connectivity index (χ1) is 9.03. The van der Waals surface area contributed by atoms with E-state index in [4.69, 9.17) is 10.5 Å². The monoisotopic (exact) mass is 264 g/mol. The van der Waals surface area contributed by atoms with Crippen LogP contribution in [0.25, 0.3) is 0 Å². The lowest BCUT2D eigenvalue weighted by atomic mass is 9.94. The molecule has 1 unspecified atom stereocenters. The molecular weight excluding hydrogens is 240 g/mol. The SMILES string of the molecule is CCCOc1cccc(N2CCCC(C)(O)C2)c1N. The summed E-state index contributed by atoms with van der Waals surface area (Å²) < 4.78 is 5.66. The summed E-state index contributed by atoms with van der Waals surface area (Å²) in [5, 5.41) is 10.2. The molecule has 2 rings (SSSR count). The smallest absolute Gasteiger partial charge is 0.144 e. The highest BCUT2D eigenvalue weighted by Crippen LogP contribution is 2.35. The van der Waals surface area contributed by atoms with Gasteiger partial charge in [-0.15, -0.1) is 0 Å². The summed E-state index contributed by atoms with van der Waals surface area (Å²) in [5.41, 5.74) is 7.20. The van der Waals surface area contributed by atoms with Gasteiger partial charge in [0.15, 0.2) is 0 Å². The topological polar surface area (TPSA) is 58.7 Å². The maximum Gasteiger partial charge on any atom is 0.144 e. The lowest BCUT2D eigenvalue weighted by Crippen LogP contribution is -2.46. The van der Waals surface area contributed by atoms with Crippen LogP contribution in [-0.4, -0.2) is 30.4 Å². The Morgan fingerprint density at radius 3 is 2.95 bits per heavy atom. The summed E-state index contributed by atoms with van der Waals surface area (Å²) in [6.07, 6.45) is 2.78. The Bertz CT molecular complexity index is 432. The summed E-state index contributed by atoms with van der Waals surface area (Å²) in [5.74, 6) is 0.740. The van der Waals surface area contributed by atoms with E-state index in [9.17, 15) is 5.11 Å². The normalized spacial score (nSPS) is 23.4. The van der Waals surface area contributed by atoms with Gasteiger partial charge in [0.1, 0.15) is 5.75 Å². The fraction of sp³-hybridized carbons (Fsp3) is 0.600. The molecule has 106 valence electrons. The molecule has 19 heavy (non-hydrogen) atoms. The molecule has 1 aromatic carbocycles. The number of nitrogens with two attached hydrogens (primary N) is 1. The first-order valence-corrected chi connectivity index (χ1v) is 7.02. The van der Waals surface area contributed by atoms with Crippen LogP contribution in [0.3, 0.4) is 0 Å². The summed E-state index contributed by atoms with van der Waals surface area (Å²) in [6.45, 7) is 6.17. The van der Waals surface area contributed by atoms with Crippen LogP contribution in [0.5, 0.6) is 5.75 Å². The number of anilines is 2. The summed E-state index contributed by atoms with van der Waals surface area (Å²) in [7, 11) is 0. The second-order valence-corrected chi connectivity index (χ2v) is 5.56. The third kappa shape index (κ3) is 3.32. The third-order valence-electron chi connectivity index (χ3n) is 3.52. The highest BCUT2D eigenvalue weighted by molar-refractivity contribution is 5.74. The molecule has 1 saturated heterocycles. The summed E-state index contributed by atoms with van der Waals surface area (Å²) >= 11 is 0. The Hall–Kier alpha value is -1.42. The molecule has 1 aliphatic heterocycles. The van der Waals surface area contributed by atoms with Gasteiger partial charge in [0, 0.05) is 13.1 Å². The second kappa shape index (κ2) is 5.70. The van der Waals surface area contributed by atoms with Crippen molar-refractivity contribution in [3.05, 3.63) is 18.2 Å². The average Bonchev–Trinajstić information content (AvgIpc) is 2.36. The van der Waals surface area contributed by atoms with E-state index in [2.05, 4.69) is 11.8 Å². The Morgan fingerprint density at radius 2 is 2.26 bits per heavy atom. The van der Waals surface area contributed by atoms with E-state index >= 15 is 0 Å². The molecule has 0 amide bonds. The number of nitrogen functional groups attached to an aromatic ring is 1. The Morgan fingerprint density at radius 1 is 1.47 bits per heavy atom. The van der Waals surface area contributed by atoms with Gasteiger partial charge < -0.3 is 20.5 Å². The first-order valence-electron chi connectivity index (χ1n) is 7.02. The van der Waals surface area contributed by atoms with E-state index in [0.717, 1.165) is 37.2 Å². The van der Waals surface area contributed by atoms with Gasteiger partial charge in [0.2, 0.25) is 0 Å². The van der Waals surface area contributed by atoms with Crippen molar-refractivity contribution in [2.24, 2.45) is 0 Å². The molecule has 1 aliphatic rings. The van der Waals surface area contributed by atoms with E-state index in [1.54, 1.807) is 0 Å². The Labute approximate surface area is 115 Å². The molecule has 4 nitrogen and oxygen atoms in total. The quantitative estimate of drug-likeness (QED) is 0.820. The van der Waals surface area contributed by atoms with Gasteiger partial charge >= 0.3 is 0 Å². The van der Waals surface area contributed by atoms with Crippen LogP contribution in [0.1, 0.15) is 33.1 Å². The molecule has 4 heteroatoms. The molecule has 0 aliphatic carbocycles. The van der Waals surface area contributed by atoms with Gasteiger partial charge in [-0.2, -0.15) is 0 Å². The van der Waals surface area contributed by atoms with Crippen LogP contribution < -0.4 is 15.4 Å². The summed E-state index contributed by atoms with van der Waals surface area (Å²) in [4.78, 5) is 2.15. The van der Waals surface area contributed by atoms with Gasteiger partial charge in [-0.05, 0) is 38.3 Å². The zero-order valence-corrected chi connectivity index (χ0v) is 11.9. The number of ether oxygens (including phenoxy) is 1. The van der Waals surface area contributed by atoms with E-state index in [1.165, 1.54) is 0 Å². The maximum atomic E-state index is 10.2. The zero-order valence-electron chi connectivity index (χ0n) is 11.9. The van der Waals surface area contributed by atoms with E-state index in [0.29, 0.717) is 18.8 Å². The number of aliphatic hydroxyl groups is 1. The first kappa shape index (κ1) is 14.0. The van der Waals surface area contributed by atoms with Crippen molar-refractivity contribution in [2.75, 3.05) is 30.3 Å². The van der Waals surface area contributed by atoms with E-state index < -0.39 is 5.60 Å². The number of rotatable bonds is 4. The fourth-order valence-corrected chi connectivity index (χ4v) is 2.57. The number of hydrogen-bond donors (Lipinski definition) is 2. The fourth-order valence-electron chi connectivity index (χ4n) is 2.57. The van der Waals surface area contributed by atoms with Crippen LogP contribution in [-0.2, 0) is 0 Å². The molecule has 0 aromatic heterocycles. The summed E-state index contributed by atoms with van der Waals surface area (Å²) in [6, 6.07) is 5.85. The molecule has 0 spiro atoms. The van der Waals surface area contributed by atoms with Gasteiger partial charge in [0.25, 0.3) is 0 Å². The number of para-hydroxylation sites is 1. The van der Waals surface area contributed by atoms with Crippen molar-refractivity contribution >= 4 is 11.4 Å². The number of nitrogens with zero attached hydrogens (tertiary/aromatic N) is 1. The van der Waals surface area contributed by atoms with Crippen LogP contribution in [0, 0.1) is 0 Å². The van der Waals surface area contributed by atoms with Gasteiger partial charge in [-0.25, -0.2) is 0 Å². The highest BCUT2D eigenvalue weighted by Gasteiger charge is 2.29. The predicted octanol–water partition coefficient (Wildman–Crippen LogP) is 2.41. The van der Waals surface area contributed by atoms with E-state index in [1.807, 2.05) is 25.1 Å². The molecular formula is C15H24N2O2. The zero-order chi connectivity index (χ0) is 13.9. The van der Waals surface area contributed by atoms with E-state index in [-0.39, 0.29) is 0 Å². The minimum atomic E-state index is -0.634. The molecule has 1 aromatic rings. The number of benzene rings is 1. The minimum absolute atomic E-state index is 0.619. The number of piperidine rings is 1. The maximum absolute atomic E-state index is 10.2. The Balaban J connectivity index is 2.19. The molecule has 1 atom stereocenters. The van der Waals surface area contributed by atoms with Crippen molar-refractivity contribution in [3.63, 3.8) is 0 Å². The van der Waals surface area contributed by atoms with Crippen molar-refractivity contribution in [2.45, 2.75) is 38.7 Å². The van der Waals surface area contributed by atoms with Gasteiger partial charge in [-0.1, -0.05) is 13.0 Å². The predicted molar refractivity (Wildman–Crippen MR) is 78.7 cm³/mol. The molecule has 0 radical (unpaired) electrons. The molecule has 3 N–H and O–H groups in total. The lowest BCUT2D eigenvalue weighted by molar-refractivity contribution is 0.0449. The number of hydrogen-bond acceptors (Lipinski definition) is 4. The van der Waals surface area contributed by atoms with Crippen molar-refractivity contribution < 1.29 is 9.84 Å². The Kier molecular flexibility index (Phi) is 4.20. The average molecular weight is 264 g/mol.